The molecule has 1 aromatic carbocycles. The smallest absolute Gasteiger partial charge is 0.274 e. The van der Waals surface area contributed by atoms with Gasteiger partial charge in [-0.3, -0.25) is 15.1 Å². The molecule has 1 aliphatic rings. The quantitative estimate of drug-likeness (QED) is 0.558. The highest BCUT2D eigenvalue weighted by Gasteiger charge is 2.15. The number of para-hydroxylation sites is 1. The van der Waals surface area contributed by atoms with Crippen molar-refractivity contribution >= 4 is 11.9 Å². The van der Waals surface area contributed by atoms with Gasteiger partial charge in [-0.2, -0.15) is 5.10 Å². The first-order chi connectivity index (χ1) is 7.27. The van der Waals surface area contributed by atoms with Crippen molar-refractivity contribution in [1.82, 2.24) is 5.01 Å². The maximum absolute atomic E-state index is 10.7. The molecule has 78 valence electrons. The molecule has 0 fully saturated rings. The number of hydrazone groups is 1. The second-order valence-corrected chi connectivity index (χ2v) is 3.36. The van der Waals surface area contributed by atoms with Crippen LogP contribution in [0.4, 0.5) is 5.69 Å². The SMILES string of the molecule is O=[N+]([O-])c1ccccc1CN1CCC=N1. The molecule has 0 saturated carbocycles. The van der Waals surface area contributed by atoms with Crippen molar-refractivity contribution in [3.8, 4) is 0 Å². The molecule has 5 nitrogen and oxygen atoms in total. The first-order valence-corrected chi connectivity index (χ1v) is 4.77. The lowest BCUT2D eigenvalue weighted by Crippen LogP contribution is -2.14. The molecule has 1 heterocycles. The summed E-state index contributed by atoms with van der Waals surface area (Å²) >= 11 is 0. The van der Waals surface area contributed by atoms with Crippen LogP contribution in [0.2, 0.25) is 0 Å². The predicted octanol–water partition coefficient (Wildman–Crippen LogP) is 1.79. The molecule has 0 aromatic heterocycles. The van der Waals surface area contributed by atoms with Crippen LogP contribution in [0.5, 0.6) is 0 Å². The molecule has 0 atom stereocenters. The normalized spacial score (nSPS) is 14.5. The highest BCUT2D eigenvalue weighted by atomic mass is 16.6. The average molecular weight is 205 g/mol. The molecular formula is C10H11N3O2. The molecule has 0 aliphatic carbocycles. The van der Waals surface area contributed by atoms with Gasteiger partial charge in [-0.15, -0.1) is 0 Å². The molecule has 1 aliphatic heterocycles. The number of nitro benzene ring substituents is 1. The van der Waals surface area contributed by atoms with Crippen LogP contribution in [-0.4, -0.2) is 22.7 Å². The number of nitrogens with zero attached hydrogens (tertiary/aromatic N) is 3. The van der Waals surface area contributed by atoms with Gasteiger partial charge in [-0.25, -0.2) is 0 Å². The van der Waals surface area contributed by atoms with Crippen LogP contribution in [0.1, 0.15) is 12.0 Å². The van der Waals surface area contributed by atoms with Crippen LogP contribution in [-0.2, 0) is 6.54 Å². The first-order valence-electron chi connectivity index (χ1n) is 4.77. The van der Waals surface area contributed by atoms with Gasteiger partial charge in [0.05, 0.1) is 17.0 Å². The summed E-state index contributed by atoms with van der Waals surface area (Å²) in [6.07, 6.45) is 2.75. The van der Waals surface area contributed by atoms with Gasteiger partial charge in [0.2, 0.25) is 0 Å². The Balaban J connectivity index is 2.19. The van der Waals surface area contributed by atoms with Gasteiger partial charge < -0.3 is 0 Å². The zero-order valence-electron chi connectivity index (χ0n) is 8.17. The van der Waals surface area contributed by atoms with E-state index < -0.39 is 0 Å². The summed E-state index contributed by atoms with van der Waals surface area (Å²) in [6, 6.07) is 6.78. The standard InChI is InChI=1S/C10H11N3O2/c14-13(15)10-5-2-1-4-9(10)8-12-7-3-6-11-12/h1-2,4-6H,3,7-8H2. The summed E-state index contributed by atoms with van der Waals surface area (Å²) in [5.41, 5.74) is 0.876. The monoisotopic (exact) mass is 205 g/mol. The summed E-state index contributed by atoms with van der Waals surface area (Å²) in [5.74, 6) is 0. The van der Waals surface area contributed by atoms with E-state index in [1.165, 1.54) is 6.07 Å². The van der Waals surface area contributed by atoms with Gasteiger partial charge in [0, 0.05) is 25.2 Å². The van der Waals surface area contributed by atoms with E-state index in [0.717, 1.165) is 13.0 Å². The summed E-state index contributed by atoms with van der Waals surface area (Å²) in [7, 11) is 0. The van der Waals surface area contributed by atoms with Crippen LogP contribution in [0.15, 0.2) is 29.4 Å². The molecule has 15 heavy (non-hydrogen) atoms. The second-order valence-electron chi connectivity index (χ2n) is 3.36. The molecule has 0 bridgehead atoms. The summed E-state index contributed by atoms with van der Waals surface area (Å²) < 4.78 is 0. The Morgan fingerprint density at radius 2 is 2.27 bits per heavy atom. The van der Waals surface area contributed by atoms with E-state index >= 15 is 0 Å². The highest BCUT2D eigenvalue weighted by Crippen LogP contribution is 2.20. The zero-order valence-corrected chi connectivity index (χ0v) is 8.17. The molecule has 2 rings (SSSR count). The van der Waals surface area contributed by atoms with Crippen molar-refractivity contribution < 1.29 is 4.92 Å². The van der Waals surface area contributed by atoms with Crippen molar-refractivity contribution in [3.05, 3.63) is 39.9 Å². The lowest BCUT2D eigenvalue weighted by molar-refractivity contribution is -0.385. The minimum atomic E-state index is -0.352. The summed E-state index contributed by atoms with van der Waals surface area (Å²) in [5, 5.41) is 16.7. The molecule has 5 heteroatoms. The maximum Gasteiger partial charge on any atom is 0.274 e. The van der Waals surface area contributed by atoms with Crippen molar-refractivity contribution in [2.24, 2.45) is 5.10 Å². The van der Waals surface area contributed by atoms with Crippen LogP contribution in [0.25, 0.3) is 0 Å². The molecule has 0 amide bonds. The fourth-order valence-electron chi connectivity index (χ4n) is 1.58. The average Bonchev–Trinajstić information content (AvgIpc) is 2.71. The van der Waals surface area contributed by atoms with E-state index in [0.29, 0.717) is 12.1 Å². The third-order valence-corrected chi connectivity index (χ3v) is 2.30. The van der Waals surface area contributed by atoms with Crippen molar-refractivity contribution in [2.75, 3.05) is 6.54 Å². The third kappa shape index (κ3) is 2.12. The molecule has 1 aromatic rings. The van der Waals surface area contributed by atoms with Crippen molar-refractivity contribution in [2.45, 2.75) is 13.0 Å². The van der Waals surface area contributed by atoms with E-state index in [-0.39, 0.29) is 10.6 Å². The van der Waals surface area contributed by atoms with Gasteiger partial charge in [-0.05, 0) is 0 Å². The second kappa shape index (κ2) is 4.08. The number of hydrogen-bond acceptors (Lipinski definition) is 4. The van der Waals surface area contributed by atoms with Gasteiger partial charge in [-0.1, -0.05) is 18.2 Å². The Bertz CT molecular complexity index is 403. The summed E-state index contributed by atoms with van der Waals surface area (Å²) in [6.45, 7) is 1.35. The van der Waals surface area contributed by atoms with E-state index in [4.69, 9.17) is 0 Å². The van der Waals surface area contributed by atoms with Gasteiger partial charge in [0.25, 0.3) is 5.69 Å². The van der Waals surface area contributed by atoms with E-state index in [1.807, 2.05) is 17.3 Å². The Kier molecular flexibility index (Phi) is 2.62. The van der Waals surface area contributed by atoms with Gasteiger partial charge >= 0.3 is 0 Å². The van der Waals surface area contributed by atoms with Crippen LogP contribution in [0.3, 0.4) is 0 Å². The molecule has 0 spiro atoms. The Hall–Kier alpha value is -1.91. The van der Waals surface area contributed by atoms with E-state index in [2.05, 4.69) is 5.10 Å². The Morgan fingerprint density at radius 1 is 1.47 bits per heavy atom. The largest absolute Gasteiger partial charge is 0.292 e. The minimum Gasteiger partial charge on any atom is -0.292 e. The molecule has 0 unspecified atom stereocenters. The molecule has 0 saturated heterocycles. The topological polar surface area (TPSA) is 58.7 Å². The molecular weight excluding hydrogens is 194 g/mol. The van der Waals surface area contributed by atoms with Crippen LogP contribution in [0, 0.1) is 10.1 Å². The number of nitro groups is 1. The highest BCUT2D eigenvalue weighted by molar-refractivity contribution is 5.58. The van der Waals surface area contributed by atoms with Gasteiger partial charge in [0.15, 0.2) is 0 Å². The Morgan fingerprint density at radius 3 is 2.93 bits per heavy atom. The third-order valence-electron chi connectivity index (χ3n) is 2.30. The number of hydrogen-bond donors (Lipinski definition) is 0. The summed E-state index contributed by atoms with van der Waals surface area (Å²) in [4.78, 5) is 10.4. The lowest BCUT2D eigenvalue weighted by atomic mass is 10.2. The van der Waals surface area contributed by atoms with Crippen LogP contribution >= 0.6 is 0 Å². The van der Waals surface area contributed by atoms with Crippen LogP contribution < -0.4 is 0 Å². The first kappa shape index (κ1) is 9.64. The van der Waals surface area contributed by atoms with E-state index in [9.17, 15) is 10.1 Å². The van der Waals surface area contributed by atoms with Crippen molar-refractivity contribution in [1.29, 1.82) is 0 Å². The lowest BCUT2D eigenvalue weighted by Gasteiger charge is -2.13. The fraction of sp³-hybridized carbons (Fsp3) is 0.300. The zero-order chi connectivity index (χ0) is 10.7. The van der Waals surface area contributed by atoms with E-state index in [1.54, 1.807) is 12.1 Å². The van der Waals surface area contributed by atoms with Crippen molar-refractivity contribution in [3.63, 3.8) is 0 Å². The number of benzene rings is 1. The molecule has 0 N–H and O–H groups in total. The maximum atomic E-state index is 10.7. The number of rotatable bonds is 3. The predicted molar refractivity (Wildman–Crippen MR) is 56.6 cm³/mol. The molecule has 0 radical (unpaired) electrons. The fourth-order valence-corrected chi connectivity index (χ4v) is 1.58. The Labute approximate surface area is 87.2 Å². The minimum absolute atomic E-state index is 0.166. The van der Waals surface area contributed by atoms with Gasteiger partial charge in [0.1, 0.15) is 0 Å².